The van der Waals surface area contributed by atoms with Gasteiger partial charge in [0.2, 0.25) is 0 Å². The highest BCUT2D eigenvalue weighted by Crippen LogP contribution is 2.38. The van der Waals surface area contributed by atoms with Crippen LogP contribution in [0.2, 0.25) is 10.0 Å². The summed E-state index contributed by atoms with van der Waals surface area (Å²) in [6, 6.07) is 8.56. The molecule has 0 atom stereocenters. The van der Waals surface area contributed by atoms with Crippen LogP contribution in [0, 0.1) is 5.82 Å². The van der Waals surface area contributed by atoms with E-state index in [0.717, 1.165) is 5.56 Å². The third-order valence-electron chi connectivity index (χ3n) is 2.46. The molecule has 0 spiro atoms. The van der Waals surface area contributed by atoms with E-state index >= 15 is 0 Å². The van der Waals surface area contributed by atoms with E-state index in [0.29, 0.717) is 24.3 Å². The second kappa shape index (κ2) is 6.46. The number of nitrogens with two attached hydrogens (primary N) is 1. The van der Waals surface area contributed by atoms with Crippen molar-refractivity contribution in [2.24, 2.45) is 5.73 Å². The zero-order valence-electron chi connectivity index (χ0n) is 9.59. The molecular weight excluding hydrogens is 372 g/mol. The average molecular weight is 381 g/mol. The molecule has 0 aliphatic heterocycles. The van der Waals surface area contributed by atoms with Gasteiger partial charge in [0, 0.05) is 21.4 Å². The van der Waals surface area contributed by atoms with Gasteiger partial charge in [0.1, 0.15) is 0 Å². The topological polar surface area (TPSA) is 26.0 Å². The van der Waals surface area contributed by atoms with E-state index in [1.165, 1.54) is 11.8 Å². The second-order valence-electron chi connectivity index (χ2n) is 3.73. The predicted molar refractivity (Wildman–Crippen MR) is 82.6 cm³/mol. The molecule has 0 fully saturated rings. The number of hydrogen-bond acceptors (Lipinski definition) is 2. The molecule has 0 aromatic heterocycles. The fraction of sp³-hybridized carbons (Fsp3) is 0.0769. The summed E-state index contributed by atoms with van der Waals surface area (Å²) in [6.07, 6.45) is 0. The van der Waals surface area contributed by atoms with Crippen LogP contribution in [0.25, 0.3) is 0 Å². The molecular formula is C13H9BrCl2FNS. The van der Waals surface area contributed by atoms with E-state index in [4.69, 9.17) is 28.9 Å². The van der Waals surface area contributed by atoms with Gasteiger partial charge in [0.15, 0.2) is 5.82 Å². The molecule has 0 aliphatic carbocycles. The molecule has 19 heavy (non-hydrogen) atoms. The molecule has 2 rings (SSSR count). The first kappa shape index (κ1) is 15.1. The Morgan fingerprint density at radius 1 is 1.16 bits per heavy atom. The number of halogens is 4. The first-order chi connectivity index (χ1) is 9.02. The summed E-state index contributed by atoms with van der Waals surface area (Å²) in [5.41, 5.74) is 6.25. The number of benzene rings is 2. The summed E-state index contributed by atoms with van der Waals surface area (Å²) in [7, 11) is 0. The maximum absolute atomic E-state index is 14.2. The largest absolute Gasteiger partial charge is 0.326 e. The molecule has 2 aromatic rings. The van der Waals surface area contributed by atoms with Crippen LogP contribution in [-0.4, -0.2) is 0 Å². The Bertz CT molecular complexity index is 622. The van der Waals surface area contributed by atoms with Crippen molar-refractivity contribution in [3.05, 3.63) is 56.2 Å². The minimum absolute atomic E-state index is 0.278. The van der Waals surface area contributed by atoms with Gasteiger partial charge in [-0.25, -0.2) is 4.39 Å². The lowest BCUT2D eigenvalue weighted by atomic mass is 10.2. The van der Waals surface area contributed by atoms with Crippen molar-refractivity contribution in [3.63, 3.8) is 0 Å². The third-order valence-corrected chi connectivity index (χ3v) is 5.09. The van der Waals surface area contributed by atoms with Gasteiger partial charge in [-0.1, -0.05) is 41.0 Å². The summed E-state index contributed by atoms with van der Waals surface area (Å²) in [5, 5.41) is 1.10. The quantitative estimate of drug-likeness (QED) is 0.760. The van der Waals surface area contributed by atoms with Crippen molar-refractivity contribution >= 4 is 50.9 Å². The molecule has 100 valence electrons. The van der Waals surface area contributed by atoms with Gasteiger partial charge in [-0.15, -0.1) is 0 Å². The molecule has 6 heteroatoms. The second-order valence-corrected chi connectivity index (χ2v) is 6.45. The first-order valence-electron chi connectivity index (χ1n) is 5.32. The highest BCUT2D eigenvalue weighted by molar-refractivity contribution is 9.10. The van der Waals surface area contributed by atoms with Crippen LogP contribution < -0.4 is 5.73 Å². The van der Waals surface area contributed by atoms with Crippen molar-refractivity contribution in [2.75, 3.05) is 0 Å². The molecule has 0 heterocycles. The minimum Gasteiger partial charge on any atom is -0.326 e. The van der Waals surface area contributed by atoms with Gasteiger partial charge in [-0.2, -0.15) is 0 Å². The summed E-state index contributed by atoms with van der Waals surface area (Å²) in [4.78, 5) is 1.17. The lowest BCUT2D eigenvalue weighted by Gasteiger charge is -2.09. The van der Waals surface area contributed by atoms with Crippen LogP contribution in [-0.2, 0) is 6.54 Å². The van der Waals surface area contributed by atoms with E-state index in [2.05, 4.69) is 15.9 Å². The first-order valence-corrected chi connectivity index (χ1v) is 7.69. The average Bonchev–Trinajstić information content (AvgIpc) is 2.39. The van der Waals surface area contributed by atoms with E-state index in [9.17, 15) is 4.39 Å². The van der Waals surface area contributed by atoms with Gasteiger partial charge < -0.3 is 5.73 Å². The summed E-state index contributed by atoms with van der Waals surface area (Å²) < 4.78 is 14.6. The Labute approximate surface area is 133 Å². The Balaban J connectivity index is 2.39. The standard InChI is InChI=1S/C13H9BrCl2FNS/c14-12-7(6-18)1-4-10(13(12)17)19-11-5-8(15)2-3-9(11)16/h1-5H,6,18H2. The highest BCUT2D eigenvalue weighted by Gasteiger charge is 2.13. The van der Waals surface area contributed by atoms with Crippen molar-refractivity contribution in [2.45, 2.75) is 16.3 Å². The van der Waals surface area contributed by atoms with Crippen LogP contribution in [0.15, 0.2) is 44.6 Å². The smallest absolute Gasteiger partial charge is 0.151 e. The molecule has 0 amide bonds. The van der Waals surface area contributed by atoms with Crippen LogP contribution >= 0.6 is 50.9 Å². The van der Waals surface area contributed by atoms with Crippen LogP contribution in [0.1, 0.15) is 5.56 Å². The fourth-order valence-corrected chi connectivity index (χ4v) is 3.51. The molecule has 2 aromatic carbocycles. The number of rotatable bonds is 3. The lowest BCUT2D eigenvalue weighted by molar-refractivity contribution is 0.592. The van der Waals surface area contributed by atoms with Crippen LogP contribution in [0.4, 0.5) is 4.39 Å². The van der Waals surface area contributed by atoms with Gasteiger partial charge in [-0.3, -0.25) is 0 Å². The zero-order chi connectivity index (χ0) is 14.0. The molecule has 0 radical (unpaired) electrons. The molecule has 0 saturated heterocycles. The molecule has 2 N–H and O–H groups in total. The van der Waals surface area contributed by atoms with Gasteiger partial charge in [-0.05, 0) is 45.8 Å². The predicted octanol–water partition coefficient (Wildman–Crippen LogP) is 5.50. The van der Waals surface area contributed by atoms with Gasteiger partial charge in [0.25, 0.3) is 0 Å². The third kappa shape index (κ3) is 3.44. The Morgan fingerprint density at radius 3 is 2.58 bits per heavy atom. The van der Waals surface area contributed by atoms with E-state index < -0.39 is 0 Å². The summed E-state index contributed by atoms with van der Waals surface area (Å²) in [5.74, 6) is -0.344. The molecule has 0 saturated carbocycles. The highest BCUT2D eigenvalue weighted by atomic mass is 79.9. The SMILES string of the molecule is NCc1ccc(Sc2cc(Cl)ccc2Cl)c(F)c1Br. The van der Waals surface area contributed by atoms with Crippen molar-refractivity contribution in [1.82, 2.24) is 0 Å². The molecule has 0 bridgehead atoms. The maximum Gasteiger partial charge on any atom is 0.151 e. The lowest BCUT2D eigenvalue weighted by Crippen LogP contribution is -1.99. The van der Waals surface area contributed by atoms with E-state index in [-0.39, 0.29) is 12.4 Å². The molecule has 0 aliphatic rings. The van der Waals surface area contributed by atoms with E-state index in [1.54, 1.807) is 30.3 Å². The monoisotopic (exact) mass is 379 g/mol. The Hall–Kier alpha value is -0.260. The normalized spacial score (nSPS) is 10.8. The van der Waals surface area contributed by atoms with Crippen molar-refractivity contribution in [1.29, 1.82) is 0 Å². The van der Waals surface area contributed by atoms with E-state index in [1.807, 2.05) is 0 Å². The minimum atomic E-state index is -0.344. The van der Waals surface area contributed by atoms with Gasteiger partial charge in [0.05, 0.1) is 9.50 Å². The molecule has 1 nitrogen and oxygen atoms in total. The van der Waals surface area contributed by atoms with Crippen molar-refractivity contribution in [3.8, 4) is 0 Å². The fourth-order valence-electron chi connectivity index (χ4n) is 1.48. The maximum atomic E-state index is 14.2. The Kier molecular flexibility index (Phi) is 5.15. The van der Waals surface area contributed by atoms with Crippen molar-refractivity contribution < 1.29 is 4.39 Å². The van der Waals surface area contributed by atoms with Crippen LogP contribution in [0.3, 0.4) is 0 Å². The molecule has 0 unspecified atom stereocenters. The summed E-state index contributed by atoms with van der Waals surface area (Å²) in [6.45, 7) is 0.278. The zero-order valence-corrected chi connectivity index (χ0v) is 13.5. The van der Waals surface area contributed by atoms with Gasteiger partial charge >= 0.3 is 0 Å². The summed E-state index contributed by atoms with van der Waals surface area (Å²) >= 11 is 16.4. The Morgan fingerprint density at radius 2 is 1.89 bits per heavy atom. The number of hydrogen-bond donors (Lipinski definition) is 1. The van der Waals surface area contributed by atoms with Crippen LogP contribution in [0.5, 0.6) is 0 Å².